The molecule has 6 heteroatoms. The van der Waals surface area contributed by atoms with Gasteiger partial charge in [0.15, 0.2) is 0 Å². The zero-order chi connectivity index (χ0) is 13.8. The number of nitrogens with zero attached hydrogens (tertiary/aromatic N) is 4. The van der Waals surface area contributed by atoms with Crippen LogP contribution in [-0.2, 0) is 13.1 Å². The molecule has 0 aliphatic heterocycles. The van der Waals surface area contributed by atoms with Gasteiger partial charge >= 0.3 is 0 Å². The average molecular weight is 268 g/mol. The molecule has 0 spiro atoms. The number of nitrogens with one attached hydrogen (secondary N) is 2. The second-order valence-corrected chi connectivity index (χ2v) is 4.42. The Morgan fingerprint density at radius 2 is 2.05 bits per heavy atom. The van der Waals surface area contributed by atoms with Crippen LogP contribution < -0.4 is 5.32 Å². The van der Waals surface area contributed by atoms with Gasteiger partial charge in [0.05, 0.1) is 18.4 Å². The van der Waals surface area contributed by atoms with E-state index in [-0.39, 0.29) is 0 Å². The van der Waals surface area contributed by atoms with Gasteiger partial charge < -0.3 is 5.32 Å². The summed E-state index contributed by atoms with van der Waals surface area (Å²) < 4.78 is 1.88. The van der Waals surface area contributed by atoms with Gasteiger partial charge in [-0.05, 0) is 6.92 Å². The van der Waals surface area contributed by atoms with Crippen LogP contribution in [0.2, 0.25) is 0 Å². The van der Waals surface area contributed by atoms with E-state index in [1.165, 1.54) is 0 Å². The Balaban J connectivity index is 1.74. The lowest BCUT2D eigenvalue weighted by molar-refractivity contribution is 0.660. The highest BCUT2D eigenvalue weighted by atomic mass is 15.3. The number of hydrogen-bond donors (Lipinski definition) is 2. The maximum atomic E-state index is 4.23. The first kappa shape index (κ1) is 12.4. The first-order valence-corrected chi connectivity index (χ1v) is 6.58. The van der Waals surface area contributed by atoms with Crippen LogP contribution in [0.4, 0.5) is 5.69 Å². The van der Waals surface area contributed by atoms with Crippen molar-refractivity contribution in [2.75, 3.05) is 5.32 Å². The molecule has 2 aromatic heterocycles. The summed E-state index contributed by atoms with van der Waals surface area (Å²) in [6.45, 7) is 3.53. The number of anilines is 1. The average Bonchev–Trinajstić information content (AvgIpc) is 3.15. The summed E-state index contributed by atoms with van der Waals surface area (Å²) in [6.07, 6.45) is 3.79. The fraction of sp³-hybridized carbons (Fsp3) is 0.214. The van der Waals surface area contributed by atoms with E-state index in [2.05, 4.69) is 32.7 Å². The minimum absolute atomic E-state index is 0.607. The number of aromatic amines is 1. The highest BCUT2D eigenvalue weighted by Gasteiger charge is 2.09. The van der Waals surface area contributed by atoms with Crippen LogP contribution in [0.3, 0.4) is 0 Å². The zero-order valence-corrected chi connectivity index (χ0v) is 11.2. The second-order valence-electron chi connectivity index (χ2n) is 4.42. The number of benzene rings is 1. The molecule has 0 saturated heterocycles. The van der Waals surface area contributed by atoms with Gasteiger partial charge in [0.1, 0.15) is 11.4 Å². The molecule has 0 unspecified atom stereocenters. The van der Waals surface area contributed by atoms with Crippen LogP contribution in [0.1, 0.15) is 12.6 Å². The predicted molar refractivity (Wildman–Crippen MR) is 77.0 cm³/mol. The molecule has 0 radical (unpaired) electrons. The molecule has 2 N–H and O–H groups in total. The monoisotopic (exact) mass is 268 g/mol. The van der Waals surface area contributed by atoms with Crippen molar-refractivity contribution in [3.63, 3.8) is 0 Å². The van der Waals surface area contributed by atoms with Gasteiger partial charge in [-0.2, -0.15) is 20.5 Å². The Hall–Kier alpha value is -2.63. The molecule has 0 aliphatic carbocycles. The van der Waals surface area contributed by atoms with Gasteiger partial charge in [-0.1, -0.05) is 30.3 Å². The van der Waals surface area contributed by atoms with Gasteiger partial charge in [0.2, 0.25) is 0 Å². The molecule has 1 aromatic carbocycles. The third-order valence-electron chi connectivity index (χ3n) is 3.08. The van der Waals surface area contributed by atoms with Gasteiger partial charge in [-0.25, -0.2) is 0 Å². The highest BCUT2D eigenvalue weighted by Crippen LogP contribution is 2.19. The van der Waals surface area contributed by atoms with Crippen molar-refractivity contribution in [1.82, 2.24) is 25.2 Å². The summed E-state index contributed by atoms with van der Waals surface area (Å²) in [5.41, 5.74) is 3.80. The maximum absolute atomic E-state index is 4.23. The molecule has 0 saturated carbocycles. The Labute approximate surface area is 116 Å². The summed E-state index contributed by atoms with van der Waals surface area (Å²) in [4.78, 5) is 0. The first-order valence-electron chi connectivity index (χ1n) is 6.58. The number of aromatic nitrogens is 5. The fourth-order valence-corrected chi connectivity index (χ4v) is 2.02. The van der Waals surface area contributed by atoms with Crippen molar-refractivity contribution in [3.8, 4) is 11.3 Å². The van der Waals surface area contributed by atoms with E-state index in [1.54, 1.807) is 0 Å². The van der Waals surface area contributed by atoms with Crippen LogP contribution in [-0.4, -0.2) is 25.2 Å². The van der Waals surface area contributed by atoms with Crippen LogP contribution in [0.25, 0.3) is 11.3 Å². The van der Waals surface area contributed by atoms with Crippen molar-refractivity contribution in [2.24, 2.45) is 0 Å². The van der Waals surface area contributed by atoms with Crippen molar-refractivity contribution in [2.45, 2.75) is 20.0 Å². The minimum atomic E-state index is 0.607. The third kappa shape index (κ3) is 2.54. The summed E-state index contributed by atoms with van der Waals surface area (Å²) >= 11 is 0. The molecular formula is C14H16N6. The molecule has 0 atom stereocenters. The van der Waals surface area contributed by atoms with E-state index in [9.17, 15) is 0 Å². The molecule has 0 amide bonds. The molecule has 0 fully saturated rings. The van der Waals surface area contributed by atoms with Crippen molar-refractivity contribution in [3.05, 3.63) is 48.4 Å². The Morgan fingerprint density at radius 3 is 2.80 bits per heavy atom. The lowest BCUT2D eigenvalue weighted by Gasteiger charge is -2.02. The van der Waals surface area contributed by atoms with Gasteiger partial charge in [-0.15, -0.1) is 0 Å². The Morgan fingerprint density at radius 1 is 1.20 bits per heavy atom. The Bertz CT molecular complexity index is 670. The highest BCUT2D eigenvalue weighted by molar-refractivity contribution is 5.61. The second kappa shape index (κ2) is 5.56. The summed E-state index contributed by atoms with van der Waals surface area (Å²) in [5.74, 6) is 0. The van der Waals surface area contributed by atoms with Crippen LogP contribution in [0.5, 0.6) is 0 Å². The first-order chi connectivity index (χ1) is 9.86. The standard InChI is InChI=1S/C14H16N6/c1-2-20-10-12(8-16-20)15-9-13-14(18-19-17-13)11-6-4-3-5-7-11/h3-8,10,15H,2,9H2,1H3,(H,17,18,19). The van der Waals surface area contributed by atoms with Crippen molar-refractivity contribution < 1.29 is 0 Å². The molecule has 3 rings (SSSR count). The number of rotatable bonds is 5. The maximum Gasteiger partial charge on any atom is 0.117 e. The smallest absolute Gasteiger partial charge is 0.117 e. The third-order valence-corrected chi connectivity index (χ3v) is 3.08. The van der Waals surface area contributed by atoms with Crippen molar-refractivity contribution >= 4 is 5.69 Å². The summed E-state index contributed by atoms with van der Waals surface area (Å²) in [7, 11) is 0. The number of aryl methyl sites for hydroxylation is 1. The van der Waals surface area contributed by atoms with Gasteiger partial charge in [-0.3, -0.25) is 4.68 Å². The largest absolute Gasteiger partial charge is 0.377 e. The summed E-state index contributed by atoms with van der Waals surface area (Å²) in [6, 6.07) is 10.0. The minimum Gasteiger partial charge on any atom is -0.377 e. The zero-order valence-electron chi connectivity index (χ0n) is 11.2. The van der Waals surface area contributed by atoms with Crippen molar-refractivity contribution in [1.29, 1.82) is 0 Å². The SMILES string of the molecule is CCn1cc(NCc2n[nH]nc2-c2ccccc2)cn1. The normalized spacial score (nSPS) is 10.7. The molecule has 6 nitrogen and oxygen atoms in total. The Kier molecular flexibility index (Phi) is 3.45. The predicted octanol–water partition coefficient (Wildman–Crippen LogP) is 2.30. The van der Waals surface area contributed by atoms with Crippen LogP contribution in [0, 0.1) is 0 Å². The van der Waals surface area contributed by atoms with E-state index < -0.39 is 0 Å². The van der Waals surface area contributed by atoms with E-state index in [4.69, 9.17) is 0 Å². The van der Waals surface area contributed by atoms with E-state index >= 15 is 0 Å². The molecule has 0 bridgehead atoms. The molecule has 0 aliphatic rings. The molecule has 102 valence electrons. The van der Waals surface area contributed by atoms with Crippen LogP contribution >= 0.6 is 0 Å². The molecule has 2 heterocycles. The lowest BCUT2D eigenvalue weighted by Crippen LogP contribution is -2.01. The molecule has 20 heavy (non-hydrogen) atoms. The lowest BCUT2D eigenvalue weighted by atomic mass is 10.1. The molecular weight excluding hydrogens is 252 g/mol. The topological polar surface area (TPSA) is 71.4 Å². The number of hydrogen-bond acceptors (Lipinski definition) is 4. The van der Waals surface area contributed by atoms with E-state index in [1.807, 2.05) is 47.4 Å². The van der Waals surface area contributed by atoms with Gasteiger partial charge in [0, 0.05) is 18.3 Å². The number of H-pyrrole nitrogens is 1. The quantitative estimate of drug-likeness (QED) is 0.745. The van der Waals surface area contributed by atoms with E-state index in [0.29, 0.717) is 6.54 Å². The van der Waals surface area contributed by atoms with E-state index in [0.717, 1.165) is 29.2 Å². The van der Waals surface area contributed by atoms with Gasteiger partial charge in [0.25, 0.3) is 0 Å². The van der Waals surface area contributed by atoms with Crippen LogP contribution in [0.15, 0.2) is 42.7 Å². The fourth-order valence-electron chi connectivity index (χ4n) is 2.02. The summed E-state index contributed by atoms with van der Waals surface area (Å²) in [5, 5.41) is 18.7. The molecule has 3 aromatic rings.